The highest BCUT2D eigenvalue weighted by atomic mass is 35.5. The molecule has 1 rings (SSSR count). The molecule has 0 aliphatic heterocycles. The average molecular weight is 299 g/mol. The zero-order valence-corrected chi connectivity index (χ0v) is 13.3. The van der Waals surface area contributed by atoms with Gasteiger partial charge in [-0.25, -0.2) is 0 Å². The highest BCUT2D eigenvalue weighted by molar-refractivity contribution is 6.32. The minimum Gasteiger partial charge on any atom is -0.312 e. The molecule has 1 aromatic rings. The summed E-state index contributed by atoms with van der Waals surface area (Å²) in [6.07, 6.45) is 0. The van der Waals surface area contributed by atoms with Gasteiger partial charge in [0.2, 0.25) is 0 Å². The molecule has 0 saturated carbocycles. The van der Waals surface area contributed by atoms with Gasteiger partial charge in [-0.3, -0.25) is 10.1 Å². The summed E-state index contributed by atoms with van der Waals surface area (Å²) in [5, 5.41) is 14.4. The Morgan fingerprint density at radius 3 is 2.35 bits per heavy atom. The second-order valence-corrected chi connectivity index (χ2v) is 6.23. The van der Waals surface area contributed by atoms with E-state index in [2.05, 4.69) is 33.0 Å². The minimum atomic E-state index is -0.448. The number of benzene rings is 1. The van der Waals surface area contributed by atoms with Gasteiger partial charge in [-0.2, -0.15) is 0 Å². The number of halogens is 1. The molecule has 20 heavy (non-hydrogen) atoms. The number of nitrogens with one attached hydrogen (secondary N) is 1. The molecule has 0 unspecified atom stereocenters. The van der Waals surface area contributed by atoms with E-state index in [1.807, 2.05) is 6.07 Å². The molecule has 0 aliphatic rings. The molecule has 0 saturated heterocycles. The smallest absolute Gasteiger partial charge is 0.288 e. The summed E-state index contributed by atoms with van der Waals surface area (Å²) >= 11 is 5.80. The summed E-state index contributed by atoms with van der Waals surface area (Å²) < 4.78 is 0. The first-order valence-electron chi connectivity index (χ1n) is 6.96. The van der Waals surface area contributed by atoms with Crippen LogP contribution >= 0.6 is 11.6 Å². The summed E-state index contributed by atoms with van der Waals surface area (Å²) in [5.41, 5.74) is 0.850. The third-order valence-electron chi connectivity index (χ3n) is 3.63. The van der Waals surface area contributed by atoms with Crippen LogP contribution in [0.4, 0.5) is 5.69 Å². The van der Waals surface area contributed by atoms with Crippen LogP contribution in [0.5, 0.6) is 0 Å². The van der Waals surface area contributed by atoms with Crippen LogP contribution in [0, 0.1) is 27.9 Å². The minimum absolute atomic E-state index is 0.0322. The van der Waals surface area contributed by atoms with Crippen LogP contribution in [0.15, 0.2) is 18.2 Å². The van der Waals surface area contributed by atoms with Crippen LogP contribution in [0.1, 0.15) is 33.3 Å². The molecule has 5 heteroatoms. The van der Waals surface area contributed by atoms with Gasteiger partial charge in [0.05, 0.1) is 4.92 Å². The van der Waals surface area contributed by atoms with Crippen molar-refractivity contribution in [3.8, 4) is 0 Å². The lowest BCUT2D eigenvalue weighted by atomic mass is 9.85. The van der Waals surface area contributed by atoms with Gasteiger partial charge in [-0.15, -0.1) is 0 Å². The molecule has 1 N–H and O–H groups in total. The van der Waals surface area contributed by atoms with Crippen molar-refractivity contribution < 1.29 is 4.92 Å². The van der Waals surface area contributed by atoms with Crippen molar-refractivity contribution in [2.75, 3.05) is 6.54 Å². The van der Waals surface area contributed by atoms with Crippen molar-refractivity contribution in [1.82, 2.24) is 5.32 Å². The lowest BCUT2D eigenvalue weighted by Crippen LogP contribution is -2.29. The predicted molar refractivity (Wildman–Crippen MR) is 83.0 cm³/mol. The molecule has 0 aromatic heterocycles. The van der Waals surface area contributed by atoms with E-state index < -0.39 is 4.92 Å². The van der Waals surface area contributed by atoms with Gasteiger partial charge in [0.25, 0.3) is 5.69 Å². The van der Waals surface area contributed by atoms with E-state index in [0.717, 1.165) is 12.1 Å². The fourth-order valence-electron chi connectivity index (χ4n) is 2.43. The van der Waals surface area contributed by atoms with Gasteiger partial charge in [0.15, 0.2) is 0 Å². The third-order valence-corrected chi connectivity index (χ3v) is 3.95. The quantitative estimate of drug-likeness (QED) is 0.604. The normalized spacial score (nSPS) is 11.6. The molecule has 0 spiro atoms. The number of hydrogen-bond acceptors (Lipinski definition) is 3. The summed E-state index contributed by atoms with van der Waals surface area (Å²) in [5.74, 6) is 1.82. The first-order valence-corrected chi connectivity index (χ1v) is 7.34. The fourth-order valence-corrected chi connectivity index (χ4v) is 2.62. The number of rotatable bonds is 7. The highest BCUT2D eigenvalue weighted by Crippen LogP contribution is 2.25. The number of nitro benzene ring substituents is 1. The number of nitro groups is 1. The van der Waals surface area contributed by atoms with Crippen LogP contribution in [-0.4, -0.2) is 11.5 Å². The lowest BCUT2D eigenvalue weighted by Gasteiger charge is -2.25. The molecule has 0 amide bonds. The van der Waals surface area contributed by atoms with Gasteiger partial charge in [-0.05, 0) is 35.9 Å². The number of nitrogens with zero attached hydrogens (tertiary/aromatic N) is 1. The molecular formula is C15H23ClN2O2. The van der Waals surface area contributed by atoms with E-state index in [0.29, 0.717) is 24.3 Å². The van der Waals surface area contributed by atoms with Gasteiger partial charge in [0.1, 0.15) is 5.02 Å². The van der Waals surface area contributed by atoms with Crippen LogP contribution < -0.4 is 5.32 Å². The first kappa shape index (κ1) is 16.9. The highest BCUT2D eigenvalue weighted by Gasteiger charge is 2.17. The van der Waals surface area contributed by atoms with Crippen LogP contribution in [-0.2, 0) is 6.54 Å². The molecule has 0 heterocycles. The Labute approximate surface area is 125 Å². The monoisotopic (exact) mass is 298 g/mol. The lowest BCUT2D eigenvalue weighted by molar-refractivity contribution is -0.384. The van der Waals surface area contributed by atoms with Crippen molar-refractivity contribution in [2.45, 2.75) is 34.2 Å². The third kappa shape index (κ3) is 4.76. The zero-order valence-electron chi connectivity index (χ0n) is 12.5. The van der Waals surface area contributed by atoms with Crippen molar-refractivity contribution in [2.24, 2.45) is 17.8 Å². The Kier molecular flexibility index (Phi) is 6.43. The van der Waals surface area contributed by atoms with E-state index >= 15 is 0 Å². The summed E-state index contributed by atoms with van der Waals surface area (Å²) in [7, 11) is 0. The average Bonchev–Trinajstić information content (AvgIpc) is 2.35. The topological polar surface area (TPSA) is 55.2 Å². The van der Waals surface area contributed by atoms with E-state index in [9.17, 15) is 10.1 Å². The van der Waals surface area contributed by atoms with Crippen molar-refractivity contribution in [3.05, 3.63) is 38.9 Å². The van der Waals surface area contributed by atoms with Gasteiger partial charge in [-0.1, -0.05) is 45.4 Å². The SMILES string of the molecule is CC(C)C(CNCc1ccc(Cl)c([N+](=O)[O-])c1)C(C)C. The molecular weight excluding hydrogens is 276 g/mol. The molecule has 0 atom stereocenters. The second-order valence-electron chi connectivity index (χ2n) is 5.83. The molecule has 0 bridgehead atoms. The zero-order chi connectivity index (χ0) is 15.3. The molecule has 0 aliphatic carbocycles. The number of hydrogen-bond donors (Lipinski definition) is 1. The van der Waals surface area contributed by atoms with Gasteiger partial charge < -0.3 is 5.32 Å². The first-order chi connectivity index (χ1) is 9.32. The van der Waals surface area contributed by atoms with E-state index in [4.69, 9.17) is 11.6 Å². The van der Waals surface area contributed by atoms with Crippen molar-refractivity contribution in [1.29, 1.82) is 0 Å². The van der Waals surface area contributed by atoms with Crippen LogP contribution in [0.3, 0.4) is 0 Å². The van der Waals surface area contributed by atoms with E-state index in [1.54, 1.807) is 6.07 Å². The van der Waals surface area contributed by atoms with Crippen molar-refractivity contribution in [3.63, 3.8) is 0 Å². The Morgan fingerprint density at radius 1 is 1.25 bits per heavy atom. The van der Waals surface area contributed by atoms with E-state index in [-0.39, 0.29) is 10.7 Å². The molecule has 112 valence electrons. The maximum Gasteiger partial charge on any atom is 0.288 e. The van der Waals surface area contributed by atoms with Crippen LogP contribution in [0.25, 0.3) is 0 Å². The molecule has 4 nitrogen and oxygen atoms in total. The summed E-state index contributed by atoms with van der Waals surface area (Å²) in [6.45, 7) is 10.4. The van der Waals surface area contributed by atoms with Crippen LogP contribution in [0.2, 0.25) is 5.02 Å². The van der Waals surface area contributed by atoms with Gasteiger partial charge in [0, 0.05) is 12.6 Å². The molecule has 0 fully saturated rings. The maximum absolute atomic E-state index is 10.8. The Hall–Kier alpha value is -1.13. The van der Waals surface area contributed by atoms with Gasteiger partial charge >= 0.3 is 0 Å². The van der Waals surface area contributed by atoms with Crippen molar-refractivity contribution >= 4 is 17.3 Å². The largest absolute Gasteiger partial charge is 0.312 e. The Morgan fingerprint density at radius 2 is 1.85 bits per heavy atom. The summed E-state index contributed by atoms with van der Waals surface area (Å²) in [6, 6.07) is 4.94. The summed E-state index contributed by atoms with van der Waals surface area (Å²) in [4.78, 5) is 10.4. The Balaban J connectivity index is 2.62. The second kappa shape index (κ2) is 7.60. The van der Waals surface area contributed by atoms with E-state index in [1.165, 1.54) is 6.07 Å². The Bertz CT molecular complexity index is 453. The fraction of sp³-hybridized carbons (Fsp3) is 0.600. The standard InChI is InChI=1S/C15H23ClN2O2/c1-10(2)13(11(3)4)9-17-8-12-5-6-14(16)15(7-12)18(19)20/h5-7,10-11,13,17H,8-9H2,1-4H3. The maximum atomic E-state index is 10.8. The predicted octanol–water partition coefficient (Wildman–Crippen LogP) is 4.27. The molecule has 0 radical (unpaired) electrons. The molecule has 1 aromatic carbocycles.